The topological polar surface area (TPSA) is 48.5 Å². The maximum absolute atomic E-state index is 12.2. The average molecular weight is 326 g/mol. The number of aromatic nitrogens is 1. The van der Waals surface area contributed by atoms with Crippen LogP contribution in [0.25, 0.3) is 10.9 Å². The predicted molar refractivity (Wildman–Crippen MR) is 98.3 cm³/mol. The summed E-state index contributed by atoms with van der Waals surface area (Å²) in [7, 11) is 0. The molecule has 1 aromatic carbocycles. The molecule has 1 unspecified atom stereocenters. The number of rotatable bonds is 4. The number of carbonyl (C=O) groups is 1. The highest BCUT2D eigenvalue weighted by atomic mass is 16.2. The number of pyridine rings is 1. The molecule has 0 spiro atoms. The Bertz CT molecular complexity index is 707. The number of benzene rings is 1. The van der Waals surface area contributed by atoms with Gasteiger partial charge >= 0.3 is 0 Å². The zero-order chi connectivity index (χ0) is 17.1. The quantitative estimate of drug-likeness (QED) is 0.936. The summed E-state index contributed by atoms with van der Waals surface area (Å²) in [5.41, 5.74) is 1.03. The van der Waals surface area contributed by atoms with E-state index in [0.717, 1.165) is 37.5 Å². The van der Waals surface area contributed by atoms with E-state index in [4.69, 9.17) is 4.98 Å². The van der Waals surface area contributed by atoms with Crippen molar-refractivity contribution in [3.63, 3.8) is 0 Å². The average Bonchev–Trinajstić information content (AvgIpc) is 2.60. The fourth-order valence-corrected chi connectivity index (χ4v) is 3.14. The minimum Gasteiger partial charge on any atom is -0.354 e. The highest BCUT2D eigenvalue weighted by molar-refractivity contribution is 5.81. The van der Waals surface area contributed by atoms with Gasteiger partial charge in [-0.25, -0.2) is 4.98 Å². The highest BCUT2D eigenvalue weighted by Crippen LogP contribution is 2.19. The van der Waals surface area contributed by atoms with Crippen molar-refractivity contribution in [1.82, 2.24) is 15.2 Å². The third-order valence-corrected chi connectivity index (χ3v) is 4.58. The van der Waals surface area contributed by atoms with Gasteiger partial charge in [-0.3, -0.25) is 9.69 Å². The molecule has 0 aliphatic carbocycles. The summed E-state index contributed by atoms with van der Waals surface area (Å²) < 4.78 is 0. The van der Waals surface area contributed by atoms with Crippen LogP contribution in [0.5, 0.6) is 0 Å². The lowest BCUT2D eigenvalue weighted by molar-refractivity contribution is -0.126. The van der Waals surface area contributed by atoms with Crippen LogP contribution in [0.15, 0.2) is 36.4 Å². The monoisotopic (exact) mass is 326 g/mol. The Labute approximate surface area is 143 Å². The van der Waals surface area contributed by atoms with E-state index in [2.05, 4.69) is 33.3 Å². The maximum Gasteiger partial charge on any atom is 0.237 e. The number of nitrogens with zero attached hydrogens (tertiary/aromatic N) is 3. The third-order valence-electron chi connectivity index (χ3n) is 4.58. The normalized spacial score (nSPS) is 17.2. The highest BCUT2D eigenvalue weighted by Gasteiger charge is 2.26. The summed E-state index contributed by atoms with van der Waals surface area (Å²) in [4.78, 5) is 21.5. The minimum atomic E-state index is -0.0842. The molecule has 1 aromatic heterocycles. The summed E-state index contributed by atoms with van der Waals surface area (Å²) in [6.07, 6.45) is 0. The first-order valence-corrected chi connectivity index (χ1v) is 8.70. The van der Waals surface area contributed by atoms with Crippen LogP contribution in [0.3, 0.4) is 0 Å². The molecule has 3 rings (SSSR count). The molecule has 2 heterocycles. The van der Waals surface area contributed by atoms with E-state index in [1.807, 2.05) is 39.0 Å². The van der Waals surface area contributed by atoms with Crippen LogP contribution < -0.4 is 10.2 Å². The first kappa shape index (κ1) is 16.7. The van der Waals surface area contributed by atoms with Gasteiger partial charge in [-0.05, 0) is 39.0 Å². The largest absolute Gasteiger partial charge is 0.354 e. The molecule has 0 saturated carbocycles. The first-order valence-electron chi connectivity index (χ1n) is 8.70. The number of para-hydroxylation sites is 1. The van der Waals surface area contributed by atoms with Gasteiger partial charge in [0.1, 0.15) is 5.82 Å². The number of piperazine rings is 1. The van der Waals surface area contributed by atoms with E-state index in [9.17, 15) is 4.79 Å². The summed E-state index contributed by atoms with van der Waals surface area (Å²) in [6, 6.07) is 12.5. The zero-order valence-corrected chi connectivity index (χ0v) is 14.7. The zero-order valence-electron chi connectivity index (χ0n) is 14.7. The second-order valence-corrected chi connectivity index (χ2v) is 6.72. The van der Waals surface area contributed by atoms with Crippen LogP contribution in [-0.2, 0) is 4.79 Å². The predicted octanol–water partition coefficient (Wildman–Crippen LogP) is 2.27. The van der Waals surface area contributed by atoms with Crippen molar-refractivity contribution in [3.8, 4) is 0 Å². The molecule has 1 fully saturated rings. The van der Waals surface area contributed by atoms with Gasteiger partial charge in [-0.2, -0.15) is 0 Å². The van der Waals surface area contributed by atoms with Gasteiger partial charge in [0.25, 0.3) is 0 Å². The lowest BCUT2D eigenvalue weighted by Crippen LogP contribution is -2.54. The third kappa shape index (κ3) is 3.67. The molecule has 1 aliphatic rings. The summed E-state index contributed by atoms with van der Waals surface area (Å²) in [5.74, 6) is 1.13. The molecule has 0 bridgehead atoms. The van der Waals surface area contributed by atoms with Crippen molar-refractivity contribution in [2.24, 2.45) is 0 Å². The second-order valence-electron chi connectivity index (χ2n) is 6.72. The van der Waals surface area contributed by atoms with E-state index in [1.165, 1.54) is 5.39 Å². The fraction of sp³-hybridized carbons (Fsp3) is 0.474. The number of hydrogen-bond donors (Lipinski definition) is 1. The summed E-state index contributed by atoms with van der Waals surface area (Å²) in [5, 5.41) is 4.16. The number of fused-ring (bicyclic) bond motifs is 1. The van der Waals surface area contributed by atoms with Gasteiger partial charge in [-0.1, -0.05) is 18.2 Å². The Hall–Kier alpha value is -2.14. The van der Waals surface area contributed by atoms with E-state index in [0.29, 0.717) is 0 Å². The number of amides is 1. The molecule has 1 N–H and O–H groups in total. The van der Waals surface area contributed by atoms with Crippen LogP contribution in [-0.4, -0.2) is 54.1 Å². The fourth-order valence-electron chi connectivity index (χ4n) is 3.14. The van der Waals surface area contributed by atoms with Gasteiger partial charge in [0.15, 0.2) is 0 Å². The van der Waals surface area contributed by atoms with Crippen molar-refractivity contribution in [2.45, 2.75) is 32.9 Å². The van der Waals surface area contributed by atoms with Crippen molar-refractivity contribution < 1.29 is 4.79 Å². The van der Waals surface area contributed by atoms with Gasteiger partial charge in [0.05, 0.1) is 11.6 Å². The van der Waals surface area contributed by atoms with Crippen molar-refractivity contribution in [2.75, 3.05) is 31.1 Å². The number of nitrogens with one attached hydrogen (secondary N) is 1. The molecule has 2 aromatic rings. The van der Waals surface area contributed by atoms with E-state index < -0.39 is 0 Å². The van der Waals surface area contributed by atoms with Crippen LogP contribution >= 0.6 is 0 Å². The van der Waals surface area contributed by atoms with Crippen LogP contribution in [0.4, 0.5) is 5.82 Å². The van der Waals surface area contributed by atoms with E-state index in [-0.39, 0.29) is 18.0 Å². The van der Waals surface area contributed by atoms with Crippen molar-refractivity contribution in [1.29, 1.82) is 0 Å². The molecule has 5 nitrogen and oxygen atoms in total. The molecule has 1 atom stereocenters. The van der Waals surface area contributed by atoms with Gasteiger partial charge in [-0.15, -0.1) is 0 Å². The van der Waals surface area contributed by atoms with Crippen molar-refractivity contribution >= 4 is 22.6 Å². The maximum atomic E-state index is 12.2. The number of carbonyl (C=O) groups excluding carboxylic acids is 1. The lowest BCUT2D eigenvalue weighted by Gasteiger charge is -2.38. The SMILES string of the molecule is CC(C)NC(=O)C(C)N1CCN(c2ccc3ccccc3n2)CC1. The van der Waals surface area contributed by atoms with Gasteiger partial charge in [0, 0.05) is 37.6 Å². The molecule has 24 heavy (non-hydrogen) atoms. The molecule has 1 amide bonds. The number of hydrogen-bond acceptors (Lipinski definition) is 4. The van der Waals surface area contributed by atoms with Gasteiger partial charge in [0.2, 0.25) is 5.91 Å². The van der Waals surface area contributed by atoms with Crippen LogP contribution in [0.2, 0.25) is 0 Å². The Morgan fingerprint density at radius 1 is 1.04 bits per heavy atom. The van der Waals surface area contributed by atoms with E-state index >= 15 is 0 Å². The van der Waals surface area contributed by atoms with E-state index in [1.54, 1.807) is 0 Å². The molecular weight excluding hydrogens is 300 g/mol. The number of anilines is 1. The standard InChI is InChI=1S/C19H26N4O/c1-14(2)20-19(24)15(3)22-10-12-23(13-11-22)18-9-8-16-6-4-5-7-17(16)21-18/h4-9,14-15H,10-13H2,1-3H3,(H,20,24). The second kappa shape index (κ2) is 7.18. The molecular formula is C19H26N4O. The molecule has 1 saturated heterocycles. The Morgan fingerprint density at radius 2 is 1.75 bits per heavy atom. The molecule has 5 heteroatoms. The Balaban J connectivity index is 1.62. The summed E-state index contributed by atoms with van der Waals surface area (Å²) >= 11 is 0. The Morgan fingerprint density at radius 3 is 2.46 bits per heavy atom. The Kier molecular flexibility index (Phi) is 5.00. The lowest BCUT2D eigenvalue weighted by atomic mass is 10.2. The molecule has 1 aliphatic heterocycles. The van der Waals surface area contributed by atoms with Crippen LogP contribution in [0.1, 0.15) is 20.8 Å². The first-order chi connectivity index (χ1) is 11.5. The summed E-state index contributed by atoms with van der Waals surface area (Å²) in [6.45, 7) is 9.52. The van der Waals surface area contributed by atoms with Crippen LogP contribution in [0, 0.1) is 0 Å². The molecule has 128 valence electrons. The van der Waals surface area contributed by atoms with Crippen molar-refractivity contribution in [3.05, 3.63) is 36.4 Å². The smallest absolute Gasteiger partial charge is 0.237 e. The van der Waals surface area contributed by atoms with Gasteiger partial charge < -0.3 is 10.2 Å². The molecule has 0 radical (unpaired) electrons. The minimum absolute atomic E-state index is 0.0842.